The van der Waals surface area contributed by atoms with Gasteiger partial charge in [-0.15, -0.1) is 0 Å². The summed E-state index contributed by atoms with van der Waals surface area (Å²) in [6.45, 7) is 0. The number of furan rings is 1. The van der Waals surface area contributed by atoms with E-state index < -0.39 is 0 Å². The molecule has 0 saturated carbocycles. The van der Waals surface area contributed by atoms with Crippen molar-refractivity contribution in [1.82, 2.24) is 0 Å². The van der Waals surface area contributed by atoms with Crippen LogP contribution in [0.1, 0.15) is 23.2 Å². The summed E-state index contributed by atoms with van der Waals surface area (Å²) in [5, 5.41) is 14.9. The van der Waals surface area contributed by atoms with E-state index in [0.29, 0.717) is 0 Å². The lowest BCUT2D eigenvalue weighted by atomic mass is 9.87. The van der Waals surface area contributed by atoms with E-state index in [9.17, 15) is 0 Å². The molecule has 2 atom stereocenters. The van der Waals surface area contributed by atoms with Crippen molar-refractivity contribution in [1.29, 1.82) is 0 Å². The highest BCUT2D eigenvalue weighted by atomic mass is 16.3. The van der Waals surface area contributed by atoms with Gasteiger partial charge >= 0.3 is 0 Å². The molecule has 4 nitrogen and oxygen atoms in total. The Morgan fingerprint density at radius 3 is 1.66 bits per heavy atom. The molecule has 0 aliphatic carbocycles. The molecule has 2 N–H and O–H groups in total. The summed E-state index contributed by atoms with van der Waals surface area (Å²) >= 11 is 0. The van der Waals surface area contributed by atoms with E-state index >= 15 is 0 Å². The molecule has 0 bridgehead atoms. The number of para-hydroxylation sites is 3. The number of rotatable bonds is 6. The number of hydrogen-bond donors (Lipinski definition) is 2. The zero-order valence-corrected chi connectivity index (χ0v) is 30.6. The second-order valence-corrected chi connectivity index (χ2v) is 14.6. The number of fused-ring (bicyclic) bond motifs is 6. The Morgan fingerprint density at radius 2 is 0.982 bits per heavy atom. The molecule has 10 aromatic rings. The Hall–Kier alpha value is -7.30. The third-order valence-corrected chi connectivity index (χ3v) is 11.4. The molecule has 0 spiro atoms. The highest BCUT2D eigenvalue weighted by Gasteiger charge is 2.33. The number of nitrogens with one attached hydrogen (secondary N) is 2. The first-order valence-corrected chi connectivity index (χ1v) is 19.3. The Kier molecular flexibility index (Phi) is 7.59. The first-order valence-electron chi connectivity index (χ1n) is 19.3. The molecule has 1 aliphatic heterocycles. The van der Waals surface area contributed by atoms with Crippen LogP contribution in [0, 0.1) is 0 Å². The lowest BCUT2D eigenvalue weighted by molar-refractivity contribution is 0.638. The molecule has 0 radical (unpaired) electrons. The minimum absolute atomic E-state index is 0.00205. The van der Waals surface area contributed by atoms with Crippen molar-refractivity contribution >= 4 is 71.9 Å². The Balaban J connectivity index is 1.07. The van der Waals surface area contributed by atoms with Gasteiger partial charge in [-0.1, -0.05) is 158 Å². The summed E-state index contributed by atoms with van der Waals surface area (Å²) in [5.74, 6) is 0. The van der Waals surface area contributed by atoms with Crippen LogP contribution in [0.2, 0.25) is 0 Å². The van der Waals surface area contributed by atoms with Gasteiger partial charge < -0.3 is 20.0 Å². The maximum absolute atomic E-state index is 6.83. The van der Waals surface area contributed by atoms with Crippen LogP contribution in [0.25, 0.3) is 54.6 Å². The first kappa shape index (κ1) is 32.2. The minimum Gasteiger partial charge on any atom is -0.455 e. The average molecular weight is 720 g/mol. The van der Waals surface area contributed by atoms with E-state index in [-0.39, 0.29) is 12.1 Å². The van der Waals surface area contributed by atoms with Crippen LogP contribution in [0.4, 0.5) is 28.4 Å². The largest absolute Gasteiger partial charge is 0.455 e. The molecule has 2 unspecified atom stereocenters. The standard InChI is InChI=1S/C52H37N3O/c1-2-16-37(17-3-1)50-51(54-45-24-10-9-23-44(45)53-50)43-33-32-41(52-49(43)42-22-8-11-27-48(42)56-52)36-28-30-38(31-29-36)55(46-25-12-18-34-14-4-6-20-39(34)46)47-26-13-19-35-15-5-7-21-40(35)47/h1-33,50-51,53-54H. The molecule has 0 fully saturated rings. The second-order valence-electron chi connectivity index (χ2n) is 14.6. The van der Waals surface area contributed by atoms with Gasteiger partial charge in [0.2, 0.25) is 0 Å². The monoisotopic (exact) mass is 719 g/mol. The molecule has 11 rings (SSSR count). The SMILES string of the molecule is c1ccc(C2Nc3ccccc3NC2c2ccc(-c3ccc(N(c4cccc5ccccc45)c4cccc5ccccc45)cc3)c3oc4ccccc4c23)cc1. The van der Waals surface area contributed by atoms with Gasteiger partial charge in [-0.25, -0.2) is 0 Å². The van der Waals surface area contributed by atoms with Gasteiger partial charge in [-0.3, -0.25) is 0 Å². The lowest BCUT2D eigenvalue weighted by Gasteiger charge is -2.37. The van der Waals surface area contributed by atoms with Crippen LogP contribution in [0.15, 0.2) is 205 Å². The van der Waals surface area contributed by atoms with Crippen molar-refractivity contribution in [3.63, 3.8) is 0 Å². The van der Waals surface area contributed by atoms with Gasteiger partial charge in [-0.2, -0.15) is 0 Å². The maximum Gasteiger partial charge on any atom is 0.143 e. The fourth-order valence-corrected chi connectivity index (χ4v) is 8.77. The molecule has 266 valence electrons. The molecule has 2 heterocycles. The number of benzene rings is 9. The van der Waals surface area contributed by atoms with Crippen LogP contribution in [-0.4, -0.2) is 0 Å². The van der Waals surface area contributed by atoms with Crippen LogP contribution in [0.3, 0.4) is 0 Å². The fourth-order valence-electron chi connectivity index (χ4n) is 8.77. The topological polar surface area (TPSA) is 40.4 Å². The summed E-state index contributed by atoms with van der Waals surface area (Å²) < 4.78 is 6.83. The van der Waals surface area contributed by atoms with Crippen molar-refractivity contribution in [3.05, 3.63) is 211 Å². The maximum atomic E-state index is 6.83. The molecule has 56 heavy (non-hydrogen) atoms. The molecular weight excluding hydrogens is 683 g/mol. The van der Waals surface area contributed by atoms with E-state index in [2.05, 4.69) is 216 Å². The van der Waals surface area contributed by atoms with E-state index in [1.807, 2.05) is 0 Å². The molecule has 4 heteroatoms. The van der Waals surface area contributed by atoms with Crippen LogP contribution < -0.4 is 15.5 Å². The van der Waals surface area contributed by atoms with Crippen molar-refractivity contribution in [2.75, 3.05) is 15.5 Å². The molecule has 0 saturated heterocycles. The second kappa shape index (κ2) is 13.2. The van der Waals surface area contributed by atoms with Gasteiger partial charge in [0.05, 0.1) is 34.8 Å². The van der Waals surface area contributed by atoms with E-state index in [0.717, 1.165) is 61.5 Å². The van der Waals surface area contributed by atoms with Crippen LogP contribution in [0.5, 0.6) is 0 Å². The Morgan fingerprint density at radius 1 is 0.429 bits per heavy atom. The highest BCUT2D eigenvalue weighted by Crippen LogP contribution is 2.48. The Labute approximate surface area is 325 Å². The fraction of sp³-hybridized carbons (Fsp3) is 0.0385. The van der Waals surface area contributed by atoms with Gasteiger partial charge in [-0.05, 0) is 69.9 Å². The van der Waals surface area contributed by atoms with Gasteiger partial charge in [0.25, 0.3) is 0 Å². The predicted molar refractivity (Wildman–Crippen MR) is 234 cm³/mol. The summed E-state index contributed by atoms with van der Waals surface area (Å²) in [6, 6.07) is 71.5. The van der Waals surface area contributed by atoms with Crippen LogP contribution in [-0.2, 0) is 0 Å². The van der Waals surface area contributed by atoms with Crippen LogP contribution >= 0.6 is 0 Å². The summed E-state index contributed by atoms with van der Waals surface area (Å²) in [7, 11) is 0. The summed E-state index contributed by atoms with van der Waals surface area (Å²) in [5.41, 5.74) is 11.9. The predicted octanol–water partition coefficient (Wildman–Crippen LogP) is 14.3. The molecule has 0 amide bonds. The molecule has 1 aliphatic rings. The zero-order chi connectivity index (χ0) is 37.0. The lowest BCUT2D eigenvalue weighted by Crippen LogP contribution is -2.30. The normalized spacial score (nSPS) is 15.1. The Bertz CT molecular complexity index is 2970. The minimum atomic E-state index is -0.0535. The van der Waals surface area contributed by atoms with Gasteiger partial charge in [0.1, 0.15) is 11.2 Å². The number of anilines is 5. The van der Waals surface area contributed by atoms with Crippen molar-refractivity contribution in [2.24, 2.45) is 0 Å². The third-order valence-electron chi connectivity index (χ3n) is 11.4. The highest BCUT2D eigenvalue weighted by molar-refractivity contribution is 6.12. The third kappa shape index (κ3) is 5.30. The van der Waals surface area contributed by atoms with E-state index in [1.165, 1.54) is 32.7 Å². The quantitative estimate of drug-likeness (QED) is 0.179. The summed E-state index contributed by atoms with van der Waals surface area (Å²) in [4.78, 5) is 2.40. The zero-order valence-electron chi connectivity index (χ0n) is 30.6. The first-order chi connectivity index (χ1) is 27.8. The average Bonchev–Trinajstić information content (AvgIpc) is 3.66. The number of nitrogens with zero attached hydrogens (tertiary/aromatic N) is 1. The number of hydrogen-bond acceptors (Lipinski definition) is 4. The van der Waals surface area contributed by atoms with Crippen molar-refractivity contribution < 1.29 is 4.42 Å². The summed E-state index contributed by atoms with van der Waals surface area (Å²) in [6.07, 6.45) is 0. The molecule has 9 aromatic carbocycles. The van der Waals surface area contributed by atoms with Crippen molar-refractivity contribution in [3.8, 4) is 11.1 Å². The van der Waals surface area contributed by atoms with Crippen molar-refractivity contribution in [2.45, 2.75) is 12.1 Å². The smallest absolute Gasteiger partial charge is 0.143 e. The molecule has 1 aromatic heterocycles. The molecular formula is C52H37N3O. The van der Waals surface area contributed by atoms with Gasteiger partial charge in [0, 0.05) is 32.8 Å². The van der Waals surface area contributed by atoms with E-state index in [4.69, 9.17) is 4.42 Å². The van der Waals surface area contributed by atoms with Gasteiger partial charge in [0.15, 0.2) is 0 Å². The van der Waals surface area contributed by atoms with E-state index in [1.54, 1.807) is 0 Å².